The van der Waals surface area contributed by atoms with E-state index in [0.29, 0.717) is 43.0 Å². The molecule has 0 amide bonds. The maximum absolute atomic E-state index is 11.8. The van der Waals surface area contributed by atoms with Crippen molar-refractivity contribution in [1.29, 1.82) is 2.60 Å². The smallest absolute Gasteiger partial charge is 0.508 e. The van der Waals surface area contributed by atoms with Gasteiger partial charge in [0.2, 0.25) is 1.43 Å². The summed E-state index contributed by atoms with van der Waals surface area (Å²) >= 11 is 3.89. The minimum atomic E-state index is -3.99. The molecule has 0 atom stereocenters. The van der Waals surface area contributed by atoms with Gasteiger partial charge in [0.1, 0.15) is 35.7 Å². The Morgan fingerprint density at radius 3 is 1.30 bits per heavy atom. The minimum Gasteiger partial charge on any atom is -0.508 e. The highest BCUT2D eigenvalue weighted by molar-refractivity contribution is 5.85. The molecule has 0 aromatic heterocycles. The number of methoxy groups -OCH3 is 1. The number of aromatic hydroxyl groups is 5. The predicted octanol–water partition coefficient (Wildman–Crippen LogP) is 20.9. The van der Waals surface area contributed by atoms with E-state index in [2.05, 4.69) is 22.2 Å². The Hall–Kier alpha value is -6.67. The van der Waals surface area contributed by atoms with Crippen molar-refractivity contribution in [2.24, 2.45) is 0 Å². The Morgan fingerprint density at radius 1 is 0.511 bits per heavy atom. The van der Waals surface area contributed by atoms with Crippen LogP contribution in [0.1, 0.15) is 337 Å². The summed E-state index contributed by atoms with van der Waals surface area (Å²) in [4.78, 5) is 22.1. The van der Waals surface area contributed by atoms with E-state index in [9.17, 15) is 30.2 Å². The van der Waals surface area contributed by atoms with E-state index < -0.39 is 314 Å². The first-order valence-electron chi connectivity index (χ1n) is 60.7. The van der Waals surface area contributed by atoms with Crippen molar-refractivity contribution in [1.82, 2.24) is 0 Å². The minimum absolute atomic E-state index is 0. The third-order valence-corrected chi connectivity index (χ3v) is 9.67. The molecule has 0 unspecified atom stereocenters. The van der Waals surface area contributed by atoms with E-state index in [1.165, 1.54) is 12.1 Å². The van der Waals surface area contributed by atoms with Gasteiger partial charge in [-0.25, -0.2) is 4.79 Å². The summed E-state index contributed by atoms with van der Waals surface area (Å²) in [6.07, 6.45) is -1.57. The summed E-state index contributed by atoms with van der Waals surface area (Å²) in [5.41, 5.74) is -35.4. The lowest BCUT2D eigenvalue weighted by molar-refractivity contribution is -0.386. The second-order valence-electron chi connectivity index (χ2n) is 18.7. The third-order valence-electron chi connectivity index (χ3n) is 9.67. The lowest BCUT2D eigenvalue weighted by Gasteiger charge is -2.27. The molecule has 0 bridgehead atoms. The van der Waals surface area contributed by atoms with Crippen LogP contribution in [0.5, 0.6) is 34.5 Å². The molecule has 0 fully saturated rings. The Labute approximate surface area is 661 Å². The summed E-state index contributed by atoms with van der Waals surface area (Å²) in [6, 6.07) is 8.57. The van der Waals surface area contributed by atoms with E-state index >= 15 is 0 Å². The zero-order valence-corrected chi connectivity index (χ0v) is 49.1. The zero-order chi connectivity index (χ0) is 132. The van der Waals surface area contributed by atoms with Crippen LogP contribution in [0.2, 0.25) is 0 Å². The van der Waals surface area contributed by atoms with Crippen LogP contribution < -0.4 is 10.5 Å². The molecule has 90 heavy (non-hydrogen) atoms. The number of ether oxygens (including phenoxy) is 2. The van der Waals surface area contributed by atoms with Gasteiger partial charge in [-0.3, -0.25) is 10.1 Å². The molecule has 0 aliphatic heterocycles. The number of phenols is 5. The van der Waals surface area contributed by atoms with Crippen LogP contribution >= 0.6 is 24.7 Å². The van der Waals surface area contributed by atoms with Gasteiger partial charge in [-0.05, 0) is 140 Å². The number of carbonyl (C=O) groups is 1. The number of nitrogens with two attached hydrogens (primary N) is 1. The highest BCUT2D eigenvalue weighted by Gasteiger charge is 2.31. The monoisotopic (exact) mass is 1370 g/mol. The van der Waals surface area contributed by atoms with E-state index in [1.807, 2.05) is 6.07 Å². The highest BCUT2D eigenvalue weighted by Crippen LogP contribution is 2.42. The van der Waals surface area contributed by atoms with Gasteiger partial charge in [0.25, 0.3) is 5.69 Å². The number of nitrogen functional groups attached to an aromatic ring is 1. The van der Waals surface area contributed by atoms with E-state index in [0.717, 1.165) is 34.8 Å². The number of hydrogen-bond donors (Lipinski definition) is 7. The van der Waals surface area contributed by atoms with Gasteiger partial charge in [-0.2, -0.15) is 0 Å². The van der Waals surface area contributed by atoms with E-state index in [4.69, 9.17) is 123 Å². The number of nitrogens with zero attached hydrogens (tertiary/aromatic N) is 1. The van der Waals surface area contributed by atoms with Gasteiger partial charge >= 0.3 is 6.16 Å². The fourth-order valence-electron chi connectivity index (χ4n) is 5.65. The molecule has 0 aliphatic rings. The highest BCUT2D eigenvalue weighted by atomic mass is 35.5. The van der Waals surface area contributed by atoms with Crippen LogP contribution in [0.15, 0.2) is 121 Å². The first kappa shape index (κ1) is 23.7. The molecule has 0 aliphatic carbocycles. The summed E-state index contributed by atoms with van der Waals surface area (Å²) in [6.45, 7) is -75.7. The molecule has 0 saturated heterocycles. The molecule has 6 aromatic carbocycles. The van der Waals surface area contributed by atoms with Crippen LogP contribution in [0.4, 0.5) is 16.2 Å². The molecule has 0 spiro atoms. The van der Waals surface area contributed by atoms with Crippen molar-refractivity contribution in [2.45, 2.75) is 242 Å². The largest absolute Gasteiger partial charge is 0.513 e. The van der Waals surface area contributed by atoms with Gasteiger partial charge in [0.05, 0.1) is 33.3 Å². The standard InChI is InChI=1S/C16H24O3.C14H21NO3.C14H23NO.C14H22O.2C6H6O.C4H10O.CH4.2ClH/c1-15(2,3)11-8-9-13(19-14(17)18-7)12(10-11)16(4,5)6;1-13(2,3)9-7-10(14(4,5)6)12(16)8-11(9)15(17)18;1-13(2,3)9-7-10(14(4,5)6)12(16)8-11(9)15;1-13(2,3)10-7-8-12(15)11(9-10)14(4,5)6;2*7-6-4-2-1-3-5-6;1-4(2,3)5;;;/h8-10H,1-7H3;7-8,16H,1-6H3;7-8,16H,15H2,1-6H3;7-9,15H,1-6H3;2*1-5,7H;5H,1-3H3;1H4;2*1H/i1D3,2D3,4D3,5D3,6D3,9D;3*1D3,2D3,4D3,5D3,6D3,8D;1D,4D,5D;;1D3,2D3,5D;;;/hD. The summed E-state index contributed by atoms with van der Waals surface area (Å²) in [5.74, 6) is -5.66. The fourth-order valence-corrected chi connectivity index (χ4v) is 5.65. The quantitative estimate of drug-likeness (QED) is 0.0283. The normalized spacial score (nSPS) is 26.8. The van der Waals surface area contributed by atoms with Gasteiger partial charge < -0.3 is 45.8 Å². The number of anilines is 1. The van der Waals surface area contributed by atoms with Gasteiger partial charge in [0.15, 0.2) is 0 Å². The van der Waals surface area contributed by atoms with E-state index in [1.54, 1.807) is 24.3 Å². The van der Waals surface area contributed by atoms with Gasteiger partial charge in [-0.15, -0.1) is 24.7 Å². The van der Waals surface area contributed by atoms with Crippen LogP contribution in [0, 0.1) is 10.1 Å². The fraction of sp³-hybridized carbons (Fsp3) is 0.507. The average molecular weight is 1370 g/mol. The molecular formula is C75H118Cl2N2O11. The van der Waals surface area contributed by atoms with Crippen molar-refractivity contribution in [3.63, 3.8) is 0 Å². The first-order chi connectivity index (χ1) is 70.9. The summed E-state index contributed by atoms with van der Waals surface area (Å²) in [5, 5.41) is 64.4. The molecule has 6 rings (SSSR count). The second kappa shape index (κ2) is 35.8. The molecular weight excluding hydrogens is 1180 g/mol. The average Bonchev–Trinajstić information content (AvgIpc) is 0.690. The maximum atomic E-state index is 11.8. The number of benzene rings is 6. The molecule has 13 nitrogen and oxygen atoms in total. The maximum Gasteiger partial charge on any atom is 0.513 e. The third kappa shape index (κ3) is 33.4. The molecule has 0 radical (unpaired) electrons. The lowest BCUT2D eigenvalue weighted by Crippen LogP contribution is -2.19. The molecule has 8 N–H and O–H groups in total. The topological polar surface area (TPSA) is 226 Å². The predicted molar refractivity (Wildman–Crippen MR) is 384 cm³/mol. The summed E-state index contributed by atoms with van der Waals surface area (Å²) in [7, 11) is 0.824. The Balaban J connectivity index is -0.000000956. The Morgan fingerprint density at radius 2 is 0.911 bits per heavy atom. The van der Waals surface area contributed by atoms with Crippen LogP contribution in [-0.2, 0) is 48.1 Å². The number of carbonyl (C=O) groups excluding carboxylic acids is 1. The SMILES string of the molecule is C.Cl.Oc1ccccc1.[2H]Cl.[2H]OC(C)(C([2H])([2H])[2H])C([2H])([2H])[2H].[2H]c1c(N)c(C(C)(C([2H])([2H])[2H])C([2H])([2H])[2H])cc(C(C([2H])([2H])[2H])(C([2H])([2H])[2H])C([2H])([2H])[2H])c1O.[2H]c1c(O)c(C(C([2H])([2H])[2H])(C([2H])([2H])[2H])C([2H])([2H])[2H])cc(C(C)(C([2H])([2H])[2H])C([2H])([2H])[2H])c1[N+](=O)[O-].[2H]c1cc(C(C)(C([2H])([2H])[2H])C([2H])([2H])[2H])cc(C(C([2H])([2H])[2H])(C([2H])([2H])[2H])C([2H])([2H])[2H])c1O.[2H]c1cc(C(C)(C([2H])([2H])[2H])C([2H])([2H])[2H])cc(C(C([2H])([2H])[2H])(C([2H])([2H])[2H])C([2H])([2H])[2H])c1OC(=O)OC.[2H]c1cc([2H])c(O)c([2H])c1. The number of aliphatic hydroxyl groups is 1. The van der Waals surface area contributed by atoms with Gasteiger partial charge in [0, 0.05) is 119 Å². The number of para-hydroxylation sites is 2. The second-order valence-corrected chi connectivity index (χ2v) is 18.7. The molecule has 508 valence electrons. The molecule has 6 aromatic rings. The van der Waals surface area contributed by atoms with Crippen LogP contribution in [0.3, 0.4) is 0 Å². The lowest BCUT2D eigenvalue weighted by atomic mass is 9.79. The number of rotatable bonds is 2. The molecule has 15 heteroatoms. The number of nitro groups is 1. The number of hydrogen-bond acceptors (Lipinski definition) is 12. The van der Waals surface area contributed by atoms with E-state index in [-0.39, 0.29) is 49.8 Å². The number of halogens is 2. The zero-order valence-electron chi connectivity index (χ0n) is 123. The van der Waals surface area contributed by atoms with Crippen LogP contribution in [-0.4, -0.2) is 57.0 Å². The summed E-state index contributed by atoms with van der Waals surface area (Å²) < 4.78 is 582. The molecule has 0 heterocycles. The van der Waals surface area contributed by atoms with Gasteiger partial charge in [-0.1, -0.05) is 233 Å². The Kier molecular flexibility index (Phi) is 9.43. The number of nitro benzene ring substituents is 1. The molecule has 0 saturated carbocycles. The number of phenolic OH excluding ortho intramolecular Hbond substituents is 5. The van der Waals surface area contributed by atoms with Crippen molar-refractivity contribution < 1.29 is 150 Å². The first-order valence-corrected chi connectivity index (χ1v) is 23.5. The van der Waals surface area contributed by atoms with Crippen molar-refractivity contribution >= 4 is 42.3 Å². The van der Waals surface area contributed by atoms with Crippen molar-refractivity contribution in [3.8, 4) is 34.5 Å². The van der Waals surface area contributed by atoms with Crippen molar-refractivity contribution in [3.05, 3.63) is 176 Å². The van der Waals surface area contributed by atoms with Crippen LogP contribution in [0.25, 0.3) is 0 Å². The Bertz CT molecular complexity index is 5840. The van der Waals surface area contributed by atoms with Crippen molar-refractivity contribution in [2.75, 3.05) is 12.8 Å².